The zero-order chi connectivity index (χ0) is 16.9. The first-order valence-electron chi connectivity index (χ1n) is 8.63. The van der Waals surface area contributed by atoms with Gasteiger partial charge in [-0.3, -0.25) is 0 Å². The third-order valence-corrected chi connectivity index (χ3v) is 3.96. The highest BCUT2D eigenvalue weighted by Gasteiger charge is 2.31. The quantitative estimate of drug-likeness (QED) is 0.798. The molecule has 0 bridgehead atoms. The Morgan fingerprint density at radius 1 is 1.26 bits per heavy atom. The predicted octanol–water partition coefficient (Wildman–Crippen LogP) is 4.03. The molecule has 1 amide bonds. The van der Waals surface area contributed by atoms with Crippen molar-refractivity contribution in [2.45, 2.75) is 64.6 Å². The maximum absolute atomic E-state index is 11.8. The maximum atomic E-state index is 11.8. The standard InChI is InChI=1S/C19H30N2O2/c1-14(21-18(22)23-19(2,3)4)12-13-20-17(16-10-11-16)15-8-6-5-7-9-15/h5-9,14,16-17,20H,10-13H2,1-4H3,(H,21,22). The van der Waals surface area contributed by atoms with Gasteiger partial charge in [-0.15, -0.1) is 0 Å². The highest BCUT2D eigenvalue weighted by Crippen LogP contribution is 2.40. The highest BCUT2D eigenvalue weighted by atomic mass is 16.6. The van der Waals surface area contributed by atoms with Gasteiger partial charge in [0.15, 0.2) is 0 Å². The molecule has 0 saturated heterocycles. The van der Waals surface area contributed by atoms with Crippen molar-refractivity contribution in [2.24, 2.45) is 5.92 Å². The molecule has 23 heavy (non-hydrogen) atoms. The Morgan fingerprint density at radius 3 is 2.48 bits per heavy atom. The molecule has 4 heteroatoms. The summed E-state index contributed by atoms with van der Waals surface area (Å²) in [5, 5.41) is 6.55. The van der Waals surface area contributed by atoms with Gasteiger partial charge in [-0.05, 0) is 65.0 Å². The van der Waals surface area contributed by atoms with Crippen LogP contribution in [0.1, 0.15) is 58.6 Å². The van der Waals surface area contributed by atoms with E-state index in [0.717, 1.165) is 18.9 Å². The van der Waals surface area contributed by atoms with Gasteiger partial charge in [0, 0.05) is 12.1 Å². The lowest BCUT2D eigenvalue weighted by molar-refractivity contribution is 0.0506. The third-order valence-electron chi connectivity index (χ3n) is 3.96. The molecule has 1 aromatic carbocycles. The Kier molecular flexibility index (Phi) is 6.05. The Balaban J connectivity index is 1.73. The molecule has 128 valence electrons. The van der Waals surface area contributed by atoms with Crippen molar-refractivity contribution in [2.75, 3.05) is 6.54 Å². The van der Waals surface area contributed by atoms with Crippen LogP contribution in [0.4, 0.5) is 4.79 Å². The van der Waals surface area contributed by atoms with E-state index in [2.05, 4.69) is 41.0 Å². The van der Waals surface area contributed by atoms with Crippen LogP contribution in [-0.2, 0) is 4.74 Å². The monoisotopic (exact) mass is 318 g/mol. The van der Waals surface area contributed by atoms with E-state index in [9.17, 15) is 4.79 Å². The predicted molar refractivity (Wildman–Crippen MR) is 93.4 cm³/mol. The second-order valence-electron chi connectivity index (χ2n) is 7.52. The van der Waals surface area contributed by atoms with E-state index in [4.69, 9.17) is 4.74 Å². The van der Waals surface area contributed by atoms with E-state index in [-0.39, 0.29) is 12.1 Å². The number of ether oxygens (including phenoxy) is 1. The van der Waals surface area contributed by atoms with Crippen LogP contribution in [-0.4, -0.2) is 24.3 Å². The van der Waals surface area contributed by atoms with Crippen molar-refractivity contribution < 1.29 is 9.53 Å². The molecule has 1 aliphatic carbocycles. The molecule has 1 aliphatic rings. The molecule has 0 spiro atoms. The first kappa shape index (κ1) is 17.8. The summed E-state index contributed by atoms with van der Waals surface area (Å²) in [4.78, 5) is 11.8. The van der Waals surface area contributed by atoms with Crippen molar-refractivity contribution >= 4 is 6.09 Å². The number of carbonyl (C=O) groups is 1. The number of benzene rings is 1. The summed E-state index contributed by atoms with van der Waals surface area (Å²) in [6.45, 7) is 8.52. The van der Waals surface area contributed by atoms with Crippen molar-refractivity contribution in [1.29, 1.82) is 0 Å². The van der Waals surface area contributed by atoms with E-state index >= 15 is 0 Å². The molecule has 1 saturated carbocycles. The zero-order valence-electron chi connectivity index (χ0n) is 14.8. The summed E-state index contributed by atoms with van der Waals surface area (Å²) in [6, 6.07) is 11.2. The molecule has 1 aromatic rings. The summed E-state index contributed by atoms with van der Waals surface area (Å²) in [5.74, 6) is 0.756. The largest absolute Gasteiger partial charge is 0.444 e. The molecular weight excluding hydrogens is 288 g/mol. The van der Waals surface area contributed by atoms with Crippen LogP contribution in [0.5, 0.6) is 0 Å². The van der Waals surface area contributed by atoms with Gasteiger partial charge < -0.3 is 15.4 Å². The fraction of sp³-hybridized carbons (Fsp3) is 0.632. The Hall–Kier alpha value is -1.55. The Labute approximate surface area is 140 Å². The van der Waals surface area contributed by atoms with Crippen molar-refractivity contribution in [3.63, 3.8) is 0 Å². The minimum atomic E-state index is -0.452. The fourth-order valence-corrected chi connectivity index (χ4v) is 2.68. The average Bonchev–Trinajstić information content (AvgIpc) is 3.27. The van der Waals surface area contributed by atoms with Gasteiger partial charge in [0.25, 0.3) is 0 Å². The number of carbonyl (C=O) groups excluding carboxylic acids is 1. The number of amides is 1. The summed E-state index contributed by atoms with van der Waals surface area (Å²) in [7, 11) is 0. The highest BCUT2D eigenvalue weighted by molar-refractivity contribution is 5.67. The van der Waals surface area contributed by atoms with E-state index in [1.807, 2.05) is 27.7 Å². The molecule has 2 N–H and O–H groups in total. The molecule has 0 aliphatic heterocycles. The zero-order valence-corrected chi connectivity index (χ0v) is 14.8. The average molecular weight is 318 g/mol. The van der Waals surface area contributed by atoms with Crippen LogP contribution in [0.2, 0.25) is 0 Å². The van der Waals surface area contributed by atoms with Gasteiger partial charge in [0.05, 0.1) is 0 Å². The van der Waals surface area contributed by atoms with E-state index in [1.165, 1.54) is 18.4 Å². The number of nitrogens with one attached hydrogen (secondary N) is 2. The molecule has 0 aromatic heterocycles. The van der Waals surface area contributed by atoms with E-state index < -0.39 is 5.60 Å². The lowest BCUT2D eigenvalue weighted by Crippen LogP contribution is -2.39. The third kappa shape index (κ3) is 6.61. The van der Waals surface area contributed by atoms with Crippen LogP contribution in [0.15, 0.2) is 30.3 Å². The van der Waals surface area contributed by atoms with Crippen LogP contribution in [0, 0.1) is 5.92 Å². The van der Waals surface area contributed by atoms with Crippen molar-refractivity contribution in [1.82, 2.24) is 10.6 Å². The molecule has 0 heterocycles. The lowest BCUT2D eigenvalue weighted by atomic mass is 10.0. The minimum Gasteiger partial charge on any atom is -0.444 e. The van der Waals surface area contributed by atoms with E-state index in [1.54, 1.807) is 0 Å². The summed E-state index contributed by atoms with van der Waals surface area (Å²) >= 11 is 0. The molecule has 0 radical (unpaired) electrons. The fourth-order valence-electron chi connectivity index (χ4n) is 2.68. The smallest absolute Gasteiger partial charge is 0.407 e. The maximum Gasteiger partial charge on any atom is 0.407 e. The summed E-state index contributed by atoms with van der Waals surface area (Å²) < 4.78 is 5.28. The number of alkyl carbamates (subject to hydrolysis) is 1. The van der Waals surface area contributed by atoms with Crippen LogP contribution < -0.4 is 10.6 Å². The van der Waals surface area contributed by atoms with Crippen LogP contribution >= 0.6 is 0 Å². The molecule has 4 nitrogen and oxygen atoms in total. The van der Waals surface area contributed by atoms with E-state index in [0.29, 0.717) is 6.04 Å². The molecule has 1 fully saturated rings. The number of hydrogen-bond donors (Lipinski definition) is 2. The van der Waals surface area contributed by atoms with Gasteiger partial charge >= 0.3 is 6.09 Å². The van der Waals surface area contributed by atoms with Crippen molar-refractivity contribution in [3.05, 3.63) is 35.9 Å². The van der Waals surface area contributed by atoms with Crippen LogP contribution in [0.3, 0.4) is 0 Å². The topological polar surface area (TPSA) is 50.4 Å². The molecule has 2 unspecified atom stereocenters. The summed E-state index contributed by atoms with van der Waals surface area (Å²) in [5.41, 5.74) is 0.912. The SMILES string of the molecule is CC(CCNC(c1ccccc1)C1CC1)NC(=O)OC(C)(C)C. The minimum absolute atomic E-state index is 0.0907. The number of rotatable bonds is 7. The molecular formula is C19H30N2O2. The second-order valence-corrected chi connectivity index (χ2v) is 7.52. The first-order chi connectivity index (χ1) is 10.8. The van der Waals surface area contributed by atoms with Gasteiger partial charge in [-0.2, -0.15) is 0 Å². The van der Waals surface area contributed by atoms with Gasteiger partial charge in [0.2, 0.25) is 0 Å². The van der Waals surface area contributed by atoms with Gasteiger partial charge in [-0.25, -0.2) is 4.79 Å². The normalized spacial score (nSPS) is 17.4. The second kappa shape index (κ2) is 7.82. The first-order valence-corrected chi connectivity index (χ1v) is 8.63. The Morgan fingerprint density at radius 2 is 1.91 bits per heavy atom. The van der Waals surface area contributed by atoms with Gasteiger partial charge in [0.1, 0.15) is 5.60 Å². The lowest BCUT2D eigenvalue weighted by Gasteiger charge is -2.23. The molecule has 2 atom stereocenters. The number of hydrogen-bond acceptors (Lipinski definition) is 3. The van der Waals surface area contributed by atoms with Gasteiger partial charge in [-0.1, -0.05) is 30.3 Å². The molecule has 2 rings (SSSR count). The van der Waals surface area contributed by atoms with Crippen LogP contribution in [0.25, 0.3) is 0 Å². The van der Waals surface area contributed by atoms with Crippen molar-refractivity contribution in [3.8, 4) is 0 Å². The summed E-state index contributed by atoms with van der Waals surface area (Å²) in [6.07, 6.45) is 3.15. The Bertz CT molecular complexity index is 492.